The minimum absolute atomic E-state index is 0.691. The summed E-state index contributed by atoms with van der Waals surface area (Å²) in [4.78, 5) is 0. The van der Waals surface area contributed by atoms with Gasteiger partial charge in [-0.05, 0) is 19.4 Å². The first-order valence-electron chi connectivity index (χ1n) is 6.79. The summed E-state index contributed by atoms with van der Waals surface area (Å²) in [6, 6.07) is 0. The van der Waals surface area contributed by atoms with Crippen LogP contribution in [0.1, 0.15) is 51.6 Å². The fraction of sp³-hybridized carbons (Fsp3) is 0.846. The molecular formula is C13H26N4. The van der Waals surface area contributed by atoms with Crippen LogP contribution in [0.3, 0.4) is 0 Å². The van der Waals surface area contributed by atoms with Crippen LogP contribution >= 0.6 is 0 Å². The average Bonchev–Trinajstić information content (AvgIpc) is 2.73. The monoisotopic (exact) mass is 238 g/mol. The summed E-state index contributed by atoms with van der Waals surface area (Å²) in [5, 5.41) is 11.3. The van der Waals surface area contributed by atoms with E-state index in [0.717, 1.165) is 18.8 Å². The van der Waals surface area contributed by atoms with Crippen molar-refractivity contribution < 1.29 is 0 Å². The van der Waals surface area contributed by atoms with E-state index in [1.54, 1.807) is 0 Å². The molecule has 17 heavy (non-hydrogen) atoms. The second-order valence-corrected chi connectivity index (χ2v) is 4.92. The van der Waals surface area contributed by atoms with Crippen LogP contribution in [0.15, 0.2) is 6.20 Å². The van der Waals surface area contributed by atoms with Crippen LogP contribution < -0.4 is 5.32 Å². The molecule has 0 spiro atoms. The van der Waals surface area contributed by atoms with E-state index in [9.17, 15) is 0 Å². The van der Waals surface area contributed by atoms with E-state index in [1.165, 1.54) is 32.1 Å². The van der Waals surface area contributed by atoms with Crippen LogP contribution in [0.4, 0.5) is 0 Å². The SMILES string of the molecule is CCCCCCC(C)Cn1cc(CNC)nn1. The van der Waals surface area contributed by atoms with Crippen molar-refractivity contribution >= 4 is 0 Å². The summed E-state index contributed by atoms with van der Waals surface area (Å²) >= 11 is 0. The molecule has 0 saturated heterocycles. The lowest BCUT2D eigenvalue weighted by Gasteiger charge is -2.10. The third-order valence-corrected chi connectivity index (χ3v) is 2.99. The van der Waals surface area contributed by atoms with Crippen molar-refractivity contribution in [2.24, 2.45) is 5.92 Å². The molecule has 1 atom stereocenters. The Balaban J connectivity index is 2.22. The zero-order valence-electron chi connectivity index (χ0n) is 11.4. The number of rotatable bonds is 9. The van der Waals surface area contributed by atoms with Gasteiger partial charge in [-0.2, -0.15) is 0 Å². The first kappa shape index (κ1) is 14.2. The highest BCUT2D eigenvalue weighted by Gasteiger charge is 2.05. The molecule has 0 aromatic carbocycles. The lowest BCUT2D eigenvalue weighted by Crippen LogP contribution is -2.08. The number of hydrogen-bond acceptors (Lipinski definition) is 3. The third kappa shape index (κ3) is 5.82. The van der Waals surface area contributed by atoms with Gasteiger partial charge < -0.3 is 5.32 Å². The van der Waals surface area contributed by atoms with E-state index in [-0.39, 0.29) is 0 Å². The predicted molar refractivity (Wildman–Crippen MR) is 70.7 cm³/mol. The Hall–Kier alpha value is -0.900. The molecule has 0 aliphatic heterocycles. The molecule has 1 rings (SSSR count). The summed E-state index contributed by atoms with van der Waals surface area (Å²) in [6.07, 6.45) is 8.71. The Bertz CT molecular complexity index is 295. The topological polar surface area (TPSA) is 42.7 Å². The Kier molecular flexibility index (Phi) is 6.86. The molecule has 0 saturated carbocycles. The van der Waals surface area contributed by atoms with Crippen LogP contribution in [-0.4, -0.2) is 22.0 Å². The van der Waals surface area contributed by atoms with Gasteiger partial charge in [0.25, 0.3) is 0 Å². The van der Waals surface area contributed by atoms with Gasteiger partial charge in [-0.25, -0.2) is 0 Å². The van der Waals surface area contributed by atoms with E-state index in [1.807, 2.05) is 17.9 Å². The van der Waals surface area contributed by atoms with E-state index in [2.05, 4.69) is 29.5 Å². The largest absolute Gasteiger partial charge is 0.314 e. The first-order chi connectivity index (χ1) is 8.26. The molecule has 0 bridgehead atoms. The van der Waals surface area contributed by atoms with Gasteiger partial charge in [0.15, 0.2) is 0 Å². The molecule has 0 amide bonds. The van der Waals surface area contributed by atoms with E-state index >= 15 is 0 Å². The highest BCUT2D eigenvalue weighted by Crippen LogP contribution is 2.12. The fourth-order valence-electron chi connectivity index (χ4n) is 2.02. The Morgan fingerprint density at radius 1 is 1.35 bits per heavy atom. The van der Waals surface area contributed by atoms with Crippen molar-refractivity contribution in [3.8, 4) is 0 Å². The number of nitrogens with one attached hydrogen (secondary N) is 1. The molecule has 1 heterocycles. The van der Waals surface area contributed by atoms with Crippen LogP contribution in [0.25, 0.3) is 0 Å². The fourth-order valence-corrected chi connectivity index (χ4v) is 2.02. The second kappa shape index (κ2) is 8.23. The van der Waals surface area contributed by atoms with Crippen LogP contribution in [0.5, 0.6) is 0 Å². The Labute approximate surface area is 105 Å². The molecule has 1 aromatic rings. The van der Waals surface area contributed by atoms with Crippen molar-refractivity contribution in [2.45, 2.75) is 59.0 Å². The molecule has 98 valence electrons. The Morgan fingerprint density at radius 2 is 2.18 bits per heavy atom. The van der Waals surface area contributed by atoms with Crippen LogP contribution in [-0.2, 0) is 13.1 Å². The standard InChI is InChI=1S/C13H26N4/c1-4-5-6-7-8-12(2)10-17-11-13(9-14-3)15-16-17/h11-12,14H,4-10H2,1-3H3. The zero-order chi connectivity index (χ0) is 12.5. The second-order valence-electron chi connectivity index (χ2n) is 4.92. The normalized spacial score (nSPS) is 12.9. The quantitative estimate of drug-likeness (QED) is 0.672. The molecule has 4 nitrogen and oxygen atoms in total. The maximum Gasteiger partial charge on any atom is 0.0964 e. The highest BCUT2D eigenvalue weighted by molar-refractivity contribution is 4.91. The predicted octanol–water partition coefficient (Wildman–Crippen LogP) is 2.60. The summed E-state index contributed by atoms with van der Waals surface area (Å²) in [6.45, 7) is 6.33. The number of aromatic nitrogens is 3. The average molecular weight is 238 g/mol. The van der Waals surface area contributed by atoms with Gasteiger partial charge in [0, 0.05) is 19.3 Å². The highest BCUT2D eigenvalue weighted by atomic mass is 15.4. The summed E-state index contributed by atoms with van der Waals surface area (Å²) < 4.78 is 1.97. The van der Waals surface area contributed by atoms with Gasteiger partial charge in [0.1, 0.15) is 0 Å². The van der Waals surface area contributed by atoms with Crippen LogP contribution in [0.2, 0.25) is 0 Å². The van der Waals surface area contributed by atoms with Crippen molar-refractivity contribution in [2.75, 3.05) is 7.05 Å². The third-order valence-electron chi connectivity index (χ3n) is 2.99. The van der Waals surface area contributed by atoms with E-state index < -0.39 is 0 Å². The summed E-state index contributed by atoms with van der Waals surface area (Å²) in [5.74, 6) is 0.691. The lowest BCUT2D eigenvalue weighted by atomic mass is 10.0. The summed E-state index contributed by atoms with van der Waals surface area (Å²) in [7, 11) is 1.93. The van der Waals surface area contributed by atoms with Crippen molar-refractivity contribution in [3.63, 3.8) is 0 Å². The van der Waals surface area contributed by atoms with E-state index in [0.29, 0.717) is 5.92 Å². The molecular weight excluding hydrogens is 212 g/mol. The van der Waals surface area contributed by atoms with Crippen LogP contribution in [0, 0.1) is 5.92 Å². The lowest BCUT2D eigenvalue weighted by molar-refractivity contribution is 0.400. The maximum absolute atomic E-state index is 4.15. The zero-order valence-corrected chi connectivity index (χ0v) is 11.4. The van der Waals surface area contributed by atoms with Gasteiger partial charge in [-0.3, -0.25) is 4.68 Å². The molecule has 4 heteroatoms. The molecule has 1 aromatic heterocycles. The number of nitrogens with zero attached hydrogens (tertiary/aromatic N) is 3. The molecule has 0 aliphatic rings. The molecule has 0 aliphatic carbocycles. The molecule has 0 radical (unpaired) electrons. The van der Waals surface area contributed by atoms with Gasteiger partial charge >= 0.3 is 0 Å². The van der Waals surface area contributed by atoms with Crippen molar-refractivity contribution in [1.82, 2.24) is 20.3 Å². The molecule has 1 N–H and O–H groups in total. The number of unbranched alkanes of at least 4 members (excludes halogenated alkanes) is 3. The van der Waals surface area contributed by atoms with E-state index in [4.69, 9.17) is 0 Å². The smallest absolute Gasteiger partial charge is 0.0964 e. The summed E-state index contributed by atoms with van der Waals surface area (Å²) in [5.41, 5.74) is 1.02. The molecule has 0 fully saturated rings. The maximum atomic E-state index is 4.15. The van der Waals surface area contributed by atoms with Crippen molar-refractivity contribution in [3.05, 3.63) is 11.9 Å². The first-order valence-corrected chi connectivity index (χ1v) is 6.79. The van der Waals surface area contributed by atoms with Gasteiger partial charge in [0.2, 0.25) is 0 Å². The minimum atomic E-state index is 0.691. The van der Waals surface area contributed by atoms with Crippen molar-refractivity contribution in [1.29, 1.82) is 0 Å². The Morgan fingerprint density at radius 3 is 2.88 bits per heavy atom. The molecule has 1 unspecified atom stereocenters. The van der Waals surface area contributed by atoms with Gasteiger partial charge in [-0.1, -0.05) is 44.7 Å². The minimum Gasteiger partial charge on any atom is -0.314 e. The van der Waals surface area contributed by atoms with Gasteiger partial charge in [-0.15, -0.1) is 5.10 Å². The number of hydrogen-bond donors (Lipinski definition) is 1. The van der Waals surface area contributed by atoms with Gasteiger partial charge in [0.05, 0.1) is 5.69 Å².